The Labute approximate surface area is 110 Å². The molecule has 100 valence electrons. The largest absolute Gasteiger partial charge is 0.469 e. The number of esters is 1. The molecule has 3 atom stereocenters. The van der Waals surface area contributed by atoms with Gasteiger partial charge in [-0.2, -0.15) is 0 Å². The summed E-state index contributed by atoms with van der Waals surface area (Å²) in [6.07, 6.45) is 0. The molecule has 0 saturated heterocycles. The summed E-state index contributed by atoms with van der Waals surface area (Å²) in [7, 11) is 1.43. The van der Waals surface area contributed by atoms with Crippen LogP contribution in [0.1, 0.15) is 37.9 Å². The number of hydrogen-bond acceptors (Lipinski definition) is 3. The van der Waals surface area contributed by atoms with Crippen LogP contribution in [0.2, 0.25) is 0 Å². The van der Waals surface area contributed by atoms with Gasteiger partial charge in [0.25, 0.3) is 0 Å². The predicted octanol–water partition coefficient (Wildman–Crippen LogP) is 2.84. The zero-order chi connectivity index (χ0) is 13.7. The molecule has 3 nitrogen and oxygen atoms in total. The molecule has 0 spiro atoms. The fraction of sp³-hybridized carbons (Fsp3) is 0.533. The summed E-state index contributed by atoms with van der Waals surface area (Å²) >= 11 is 0. The molecular weight excluding hydrogens is 226 g/mol. The van der Waals surface area contributed by atoms with Crippen molar-refractivity contribution in [1.29, 1.82) is 0 Å². The second kappa shape index (κ2) is 6.55. The Morgan fingerprint density at radius 2 is 1.83 bits per heavy atom. The standard InChI is InChI=1S/C15H23NO2/c1-10-8-6-7-9-14(10)13(4)16-12(3)11(2)15(17)18-5/h6-9,11-13,16H,1-5H3/t11?,12?,13-/m0/s1. The van der Waals surface area contributed by atoms with Crippen LogP contribution in [-0.4, -0.2) is 19.1 Å². The Hall–Kier alpha value is -1.35. The van der Waals surface area contributed by atoms with Gasteiger partial charge in [-0.3, -0.25) is 4.79 Å². The predicted molar refractivity (Wildman–Crippen MR) is 73.4 cm³/mol. The van der Waals surface area contributed by atoms with Gasteiger partial charge in [0.1, 0.15) is 0 Å². The van der Waals surface area contributed by atoms with Gasteiger partial charge in [-0.05, 0) is 31.9 Å². The maximum atomic E-state index is 11.5. The molecule has 1 aromatic rings. The molecule has 2 unspecified atom stereocenters. The van der Waals surface area contributed by atoms with Crippen molar-refractivity contribution in [2.24, 2.45) is 5.92 Å². The maximum Gasteiger partial charge on any atom is 0.309 e. The molecular formula is C15H23NO2. The van der Waals surface area contributed by atoms with Crippen molar-refractivity contribution >= 4 is 5.97 Å². The Balaban J connectivity index is 2.68. The van der Waals surface area contributed by atoms with E-state index in [0.717, 1.165) is 0 Å². The normalized spacial score (nSPS) is 15.8. The van der Waals surface area contributed by atoms with E-state index < -0.39 is 0 Å². The summed E-state index contributed by atoms with van der Waals surface area (Å²) < 4.78 is 4.77. The van der Waals surface area contributed by atoms with Crippen molar-refractivity contribution in [1.82, 2.24) is 5.32 Å². The average Bonchev–Trinajstić information content (AvgIpc) is 2.37. The Kier molecular flexibility index (Phi) is 5.35. The van der Waals surface area contributed by atoms with Crippen LogP contribution in [0, 0.1) is 12.8 Å². The van der Waals surface area contributed by atoms with Gasteiger partial charge in [0.05, 0.1) is 13.0 Å². The van der Waals surface area contributed by atoms with Crippen molar-refractivity contribution in [2.45, 2.75) is 39.8 Å². The second-order valence-electron chi connectivity index (χ2n) is 4.85. The van der Waals surface area contributed by atoms with E-state index in [1.807, 2.05) is 26.0 Å². The van der Waals surface area contributed by atoms with Crippen LogP contribution in [0.3, 0.4) is 0 Å². The van der Waals surface area contributed by atoms with E-state index in [2.05, 4.69) is 31.3 Å². The number of methoxy groups -OCH3 is 1. The molecule has 1 N–H and O–H groups in total. The minimum absolute atomic E-state index is 0.0760. The number of benzene rings is 1. The van der Waals surface area contributed by atoms with Gasteiger partial charge in [-0.15, -0.1) is 0 Å². The molecule has 0 aliphatic rings. The van der Waals surface area contributed by atoms with E-state index in [1.54, 1.807) is 0 Å². The van der Waals surface area contributed by atoms with Crippen molar-refractivity contribution in [2.75, 3.05) is 7.11 Å². The lowest BCUT2D eigenvalue weighted by atomic mass is 9.98. The third-order valence-electron chi connectivity index (χ3n) is 3.49. The minimum Gasteiger partial charge on any atom is -0.469 e. The highest BCUT2D eigenvalue weighted by Gasteiger charge is 2.22. The van der Waals surface area contributed by atoms with Crippen LogP contribution in [0.5, 0.6) is 0 Å². The highest BCUT2D eigenvalue weighted by molar-refractivity contribution is 5.72. The first-order chi connectivity index (χ1) is 8.47. The number of carbonyl (C=O) groups excluding carboxylic acids is 1. The van der Waals surface area contributed by atoms with Gasteiger partial charge in [-0.25, -0.2) is 0 Å². The number of hydrogen-bond donors (Lipinski definition) is 1. The number of carbonyl (C=O) groups is 1. The van der Waals surface area contributed by atoms with Crippen LogP contribution < -0.4 is 5.32 Å². The van der Waals surface area contributed by atoms with Crippen LogP contribution in [0.4, 0.5) is 0 Å². The molecule has 0 aliphatic carbocycles. The highest BCUT2D eigenvalue weighted by Crippen LogP contribution is 2.18. The van der Waals surface area contributed by atoms with Crippen molar-refractivity contribution < 1.29 is 9.53 Å². The number of rotatable bonds is 5. The van der Waals surface area contributed by atoms with Crippen molar-refractivity contribution in [3.8, 4) is 0 Å². The molecule has 0 amide bonds. The van der Waals surface area contributed by atoms with Gasteiger partial charge in [0, 0.05) is 12.1 Å². The molecule has 0 aliphatic heterocycles. The van der Waals surface area contributed by atoms with E-state index in [0.29, 0.717) is 0 Å². The molecule has 18 heavy (non-hydrogen) atoms. The van der Waals surface area contributed by atoms with E-state index in [9.17, 15) is 4.79 Å². The fourth-order valence-electron chi connectivity index (χ4n) is 2.09. The lowest BCUT2D eigenvalue weighted by Crippen LogP contribution is -2.38. The van der Waals surface area contributed by atoms with Crippen LogP contribution >= 0.6 is 0 Å². The monoisotopic (exact) mass is 249 g/mol. The molecule has 0 aromatic heterocycles. The zero-order valence-electron chi connectivity index (χ0n) is 11.9. The Bertz CT molecular complexity index is 403. The van der Waals surface area contributed by atoms with Crippen molar-refractivity contribution in [3.63, 3.8) is 0 Å². The van der Waals surface area contributed by atoms with E-state index in [4.69, 9.17) is 4.74 Å². The Morgan fingerprint density at radius 1 is 1.22 bits per heavy atom. The second-order valence-corrected chi connectivity index (χ2v) is 4.85. The molecule has 1 rings (SSSR count). The summed E-state index contributed by atoms with van der Waals surface area (Å²) in [4.78, 5) is 11.5. The van der Waals surface area contributed by atoms with Crippen molar-refractivity contribution in [3.05, 3.63) is 35.4 Å². The van der Waals surface area contributed by atoms with Gasteiger partial charge in [-0.1, -0.05) is 31.2 Å². The molecule has 1 aromatic carbocycles. The van der Waals surface area contributed by atoms with Gasteiger partial charge in [0.15, 0.2) is 0 Å². The summed E-state index contributed by atoms with van der Waals surface area (Å²) in [5.41, 5.74) is 2.52. The van der Waals surface area contributed by atoms with E-state index in [-0.39, 0.29) is 24.0 Å². The summed E-state index contributed by atoms with van der Waals surface area (Å²) in [5, 5.41) is 3.45. The SMILES string of the molecule is COC(=O)C(C)C(C)N[C@@H](C)c1ccccc1C. The molecule has 3 heteroatoms. The van der Waals surface area contributed by atoms with Crippen LogP contribution in [0.25, 0.3) is 0 Å². The molecule has 0 saturated carbocycles. The van der Waals surface area contributed by atoms with E-state index >= 15 is 0 Å². The first kappa shape index (κ1) is 14.7. The Morgan fingerprint density at radius 3 is 2.39 bits per heavy atom. The lowest BCUT2D eigenvalue weighted by Gasteiger charge is -2.25. The van der Waals surface area contributed by atoms with Crippen LogP contribution in [0.15, 0.2) is 24.3 Å². The number of nitrogens with one attached hydrogen (secondary N) is 1. The third-order valence-corrected chi connectivity index (χ3v) is 3.49. The van der Waals surface area contributed by atoms with Gasteiger partial charge < -0.3 is 10.1 Å². The van der Waals surface area contributed by atoms with Gasteiger partial charge in [0.2, 0.25) is 0 Å². The average molecular weight is 249 g/mol. The fourth-order valence-corrected chi connectivity index (χ4v) is 2.09. The first-order valence-electron chi connectivity index (χ1n) is 6.36. The molecule has 0 bridgehead atoms. The minimum atomic E-state index is -0.174. The maximum absolute atomic E-state index is 11.5. The quantitative estimate of drug-likeness (QED) is 0.815. The van der Waals surface area contributed by atoms with Crippen LogP contribution in [-0.2, 0) is 9.53 Å². The highest BCUT2D eigenvalue weighted by atomic mass is 16.5. The first-order valence-corrected chi connectivity index (χ1v) is 6.36. The van der Waals surface area contributed by atoms with Gasteiger partial charge >= 0.3 is 5.97 Å². The molecule has 0 heterocycles. The number of ether oxygens (including phenoxy) is 1. The molecule has 0 fully saturated rings. The summed E-state index contributed by atoms with van der Waals surface area (Å²) in [5.74, 6) is -0.326. The number of aryl methyl sites for hydroxylation is 1. The smallest absolute Gasteiger partial charge is 0.309 e. The lowest BCUT2D eigenvalue weighted by molar-refractivity contribution is -0.145. The topological polar surface area (TPSA) is 38.3 Å². The van der Waals surface area contributed by atoms with E-state index in [1.165, 1.54) is 18.2 Å². The molecule has 0 radical (unpaired) electrons. The zero-order valence-corrected chi connectivity index (χ0v) is 11.9. The summed E-state index contributed by atoms with van der Waals surface area (Å²) in [6, 6.07) is 8.58. The third kappa shape index (κ3) is 3.57. The summed E-state index contributed by atoms with van der Waals surface area (Å²) in [6.45, 7) is 8.11.